The van der Waals surface area contributed by atoms with Gasteiger partial charge in [0.05, 0.1) is 0 Å². The molecule has 0 heterocycles. The predicted octanol–water partition coefficient (Wildman–Crippen LogP) is 4.14. The van der Waals surface area contributed by atoms with Gasteiger partial charge in [0.25, 0.3) is 0 Å². The van der Waals surface area contributed by atoms with Crippen molar-refractivity contribution >= 4 is 0 Å². The molecule has 3 rings (SSSR count). The van der Waals surface area contributed by atoms with E-state index in [1.54, 1.807) is 5.38 Å². The molecule has 0 N–H and O–H groups in total. The van der Waals surface area contributed by atoms with Crippen molar-refractivity contribution in [1.82, 2.24) is 0 Å². The molecular formula is C15H15Lu. The van der Waals surface area contributed by atoms with Crippen LogP contribution in [0.2, 0.25) is 0 Å². The second-order valence-corrected chi connectivity index (χ2v) is 8.13. The molecule has 0 bridgehead atoms. The summed E-state index contributed by atoms with van der Waals surface area (Å²) in [5.74, 6) is 0. The maximum absolute atomic E-state index is 2.34. The molecule has 0 aromatic heterocycles. The SMILES string of the molecule is C1=CC[C]([Lu]([C]2=CC=CC2)[C]2=CC=CC2)=C1. The molecule has 90 valence electrons. The van der Waals surface area contributed by atoms with Crippen molar-refractivity contribution in [3.05, 3.63) is 60.1 Å². The Morgan fingerprint density at radius 2 is 1.00 bits per heavy atom. The number of allylic oxidation sites excluding steroid dienone is 12. The van der Waals surface area contributed by atoms with Gasteiger partial charge in [-0.05, 0) is 0 Å². The van der Waals surface area contributed by atoms with E-state index in [4.69, 9.17) is 0 Å². The van der Waals surface area contributed by atoms with Crippen LogP contribution in [0.15, 0.2) is 60.1 Å². The number of hydrogen-bond acceptors (Lipinski definition) is 0. The van der Waals surface area contributed by atoms with Crippen LogP contribution in [0.4, 0.5) is 0 Å². The third-order valence-corrected chi connectivity index (χ3v) is 7.58. The van der Waals surface area contributed by atoms with E-state index in [9.17, 15) is 0 Å². The Labute approximate surface area is 109 Å². The first-order chi connectivity index (χ1) is 7.95. The molecule has 0 amide bonds. The minimum atomic E-state index is -0.685. The van der Waals surface area contributed by atoms with Gasteiger partial charge in [0, 0.05) is 0 Å². The minimum absolute atomic E-state index is 0.685. The Hall–Kier alpha value is -0.326. The molecule has 0 saturated heterocycles. The van der Waals surface area contributed by atoms with Crippen LogP contribution in [0, 0.1) is 31.1 Å². The molecule has 0 saturated carbocycles. The second kappa shape index (κ2) is 4.90. The van der Waals surface area contributed by atoms with Crippen LogP contribution in [0.1, 0.15) is 19.3 Å². The van der Waals surface area contributed by atoms with Crippen molar-refractivity contribution in [3.63, 3.8) is 0 Å². The first-order valence-electron chi connectivity index (χ1n) is 5.54. The first-order valence-corrected chi connectivity index (χ1v) is 8.02. The summed E-state index contributed by atoms with van der Waals surface area (Å²) in [7, 11) is 0. The Balaban J connectivity index is 1.89. The fourth-order valence-corrected chi connectivity index (χ4v) is 6.75. The molecule has 1 heteroatoms. The van der Waals surface area contributed by atoms with Crippen LogP contribution >= 0.6 is 0 Å². The average molecular weight is 370 g/mol. The summed E-state index contributed by atoms with van der Waals surface area (Å²) >= 11 is -0.685. The summed E-state index contributed by atoms with van der Waals surface area (Å²) in [6.45, 7) is 0. The Morgan fingerprint density at radius 1 is 0.625 bits per heavy atom. The van der Waals surface area contributed by atoms with E-state index >= 15 is 0 Å². The van der Waals surface area contributed by atoms with E-state index in [-0.39, 0.29) is 0 Å². The molecular weight excluding hydrogens is 355 g/mol. The first kappa shape index (κ1) is 10.8. The third kappa shape index (κ3) is 2.06. The Kier molecular flexibility index (Phi) is 3.31. The summed E-state index contributed by atoms with van der Waals surface area (Å²) < 4.78 is 5.01. The average Bonchev–Trinajstić information content (AvgIpc) is 3.02. The summed E-state index contributed by atoms with van der Waals surface area (Å²) in [6, 6.07) is 0. The normalized spacial score (nSPS) is 22.5. The van der Waals surface area contributed by atoms with Crippen molar-refractivity contribution in [2.45, 2.75) is 19.3 Å². The van der Waals surface area contributed by atoms with E-state index in [2.05, 4.69) is 54.7 Å². The van der Waals surface area contributed by atoms with Gasteiger partial charge in [0.1, 0.15) is 0 Å². The summed E-state index contributed by atoms with van der Waals surface area (Å²) in [5, 5.41) is 0. The molecule has 0 spiro atoms. The standard InChI is InChI=1S/3C5H5.Lu/c3*1-2-4-5-3-1;/h3*1-3H,4H2;. The van der Waals surface area contributed by atoms with Crippen molar-refractivity contribution in [2.24, 2.45) is 0 Å². The van der Waals surface area contributed by atoms with E-state index in [1.807, 2.05) is 0 Å². The molecule has 16 heavy (non-hydrogen) atoms. The van der Waals surface area contributed by atoms with Crippen molar-refractivity contribution in [1.29, 1.82) is 0 Å². The molecule has 0 aromatic carbocycles. The van der Waals surface area contributed by atoms with Gasteiger partial charge in [-0.2, -0.15) is 0 Å². The molecule has 0 aliphatic heterocycles. The molecule has 0 radical (unpaired) electrons. The van der Waals surface area contributed by atoms with Crippen molar-refractivity contribution in [2.75, 3.05) is 0 Å². The van der Waals surface area contributed by atoms with Gasteiger partial charge in [0.15, 0.2) is 0 Å². The van der Waals surface area contributed by atoms with Gasteiger partial charge in [0.2, 0.25) is 0 Å². The molecule has 0 aromatic rings. The zero-order valence-corrected chi connectivity index (χ0v) is 10.7. The quantitative estimate of drug-likeness (QED) is 0.701. The molecule has 0 atom stereocenters. The van der Waals surface area contributed by atoms with Crippen LogP contribution in [-0.4, -0.2) is 0 Å². The zero-order valence-electron chi connectivity index (χ0n) is 9.08. The van der Waals surface area contributed by atoms with Crippen LogP contribution in [0.3, 0.4) is 0 Å². The van der Waals surface area contributed by atoms with Crippen molar-refractivity contribution in [3.8, 4) is 0 Å². The molecule has 0 nitrogen and oxygen atoms in total. The van der Waals surface area contributed by atoms with E-state index < -0.39 is 31.1 Å². The Morgan fingerprint density at radius 3 is 1.25 bits per heavy atom. The van der Waals surface area contributed by atoms with Gasteiger partial charge < -0.3 is 0 Å². The number of hydrogen-bond donors (Lipinski definition) is 0. The van der Waals surface area contributed by atoms with Crippen LogP contribution in [0.25, 0.3) is 0 Å². The fourth-order valence-electron chi connectivity index (χ4n) is 1.79. The zero-order chi connectivity index (χ0) is 10.8. The molecule has 0 unspecified atom stereocenters. The predicted molar refractivity (Wildman–Crippen MR) is 65.5 cm³/mol. The summed E-state index contributed by atoms with van der Waals surface area (Å²) in [5.41, 5.74) is 0. The molecule has 3 aliphatic carbocycles. The maximum atomic E-state index is 2.34. The van der Waals surface area contributed by atoms with Gasteiger partial charge >= 0.3 is 110 Å². The summed E-state index contributed by atoms with van der Waals surface area (Å²) in [6.07, 6.45) is 24.1. The van der Waals surface area contributed by atoms with Crippen LogP contribution < -0.4 is 0 Å². The van der Waals surface area contributed by atoms with Gasteiger partial charge in [-0.1, -0.05) is 0 Å². The van der Waals surface area contributed by atoms with Gasteiger partial charge in [-0.3, -0.25) is 0 Å². The topological polar surface area (TPSA) is 0 Å². The summed E-state index contributed by atoms with van der Waals surface area (Å²) in [4.78, 5) is 0. The van der Waals surface area contributed by atoms with Crippen LogP contribution in [0.5, 0.6) is 0 Å². The van der Waals surface area contributed by atoms with Crippen molar-refractivity contribution < 1.29 is 31.1 Å². The fraction of sp³-hybridized carbons (Fsp3) is 0.200. The monoisotopic (exact) mass is 370 g/mol. The van der Waals surface area contributed by atoms with Crippen LogP contribution in [-0.2, 0) is 0 Å². The molecule has 3 aliphatic rings. The van der Waals surface area contributed by atoms with E-state index in [0.717, 1.165) is 0 Å². The number of rotatable bonds is 3. The third-order valence-electron chi connectivity index (χ3n) is 2.54. The van der Waals surface area contributed by atoms with E-state index in [0.29, 0.717) is 0 Å². The van der Waals surface area contributed by atoms with Gasteiger partial charge in [-0.15, -0.1) is 0 Å². The Bertz CT molecular complexity index is 398. The van der Waals surface area contributed by atoms with E-state index in [1.165, 1.54) is 19.3 Å². The van der Waals surface area contributed by atoms with Gasteiger partial charge in [-0.25, -0.2) is 0 Å². The molecule has 0 fully saturated rings. The second-order valence-electron chi connectivity index (χ2n) is 3.70.